The number of anilines is 1. The smallest absolute Gasteiger partial charge is 0.277 e. The van der Waals surface area contributed by atoms with Crippen molar-refractivity contribution in [2.75, 3.05) is 4.90 Å². The average molecular weight is 400 g/mol. The highest BCUT2D eigenvalue weighted by Gasteiger charge is 2.42. The highest BCUT2D eigenvalue weighted by Crippen LogP contribution is 2.45. The third-order valence-corrected chi connectivity index (χ3v) is 5.57. The number of aromatic nitrogens is 2. The van der Waals surface area contributed by atoms with E-state index in [4.69, 9.17) is 11.6 Å². The topological polar surface area (TPSA) is 49.0 Å². The molecule has 0 saturated heterocycles. The molecule has 1 aliphatic rings. The summed E-state index contributed by atoms with van der Waals surface area (Å²) in [5.41, 5.74) is 6.24. The summed E-state index contributed by atoms with van der Waals surface area (Å²) < 4.78 is 0. The maximum Gasteiger partial charge on any atom is 0.277 e. The lowest BCUT2D eigenvalue weighted by atomic mass is 9.95. The van der Waals surface area contributed by atoms with Gasteiger partial charge in [-0.25, -0.2) is 0 Å². The fourth-order valence-corrected chi connectivity index (χ4v) is 4.02. The summed E-state index contributed by atoms with van der Waals surface area (Å²) >= 11 is 6.07. The molecule has 0 aliphatic carbocycles. The van der Waals surface area contributed by atoms with Crippen LogP contribution in [0.4, 0.5) is 5.69 Å². The van der Waals surface area contributed by atoms with Crippen molar-refractivity contribution in [3.05, 3.63) is 106 Å². The van der Waals surface area contributed by atoms with Crippen LogP contribution in [0.3, 0.4) is 0 Å². The molecule has 1 atom stereocenters. The van der Waals surface area contributed by atoms with Crippen LogP contribution in [0.15, 0.2) is 78.9 Å². The first-order valence-corrected chi connectivity index (χ1v) is 9.80. The Morgan fingerprint density at radius 3 is 2.31 bits per heavy atom. The van der Waals surface area contributed by atoms with E-state index in [1.54, 1.807) is 12.1 Å². The second-order valence-electron chi connectivity index (χ2n) is 7.19. The molecule has 0 fully saturated rings. The van der Waals surface area contributed by atoms with Gasteiger partial charge < -0.3 is 0 Å². The second-order valence-corrected chi connectivity index (χ2v) is 7.63. The molecule has 5 heteroatoms. The molecule has 5 rings (SSSR count). The normalized spacial score (nSPS) is 15.6. The standard InChI is InChI=1S/C24H18ClN3O/c1-15-7-9-16(10-8-15)21-20-22(27-26-21)24(29)28(19-13-11-18(25)12-14-19)23(20)17-5-3-2-4-6-17/h2-14,23H,1H3,(H,26,27). The van der Waals surface area contributed by atoms with E-state index < -0.39 is 0 Å². The van der Waals surface area contributed by atoms with E-state index >= 15 is 0 Å². The van der Waals surface area contributed by atoms with Crippen LogP contribution in [0.2, 0.25) is 5.02 Å². The molecule has 0 saturated carbocycles. The van der Waals surface area contributed by atoms with Gasteiger partial charge in [0.15, 0.2) is 0 Å². The van der Waals surface area contributed by atoms with Gasteiger partial charge in [-0.3, -0.25) is 14.8 Å². The van der Waals surface area contributed by atoms with Crippen molar-refractivity contribution in [2.45, 2.75) is 13.0 Å². The third-order valence-electron chi connectivity index (χ3n) is 5.31. The number of aromatic amines is 1. The molecule has 0 spiro atoms. The first-order valence-electron chi connectivity index (χ1n) is 9.43. The van der Waals surface area contributed by atoms with Gasteiger partial charge in [0, 0.05) is 21.8 Å². The van der Waals surface area contributed by atoms with Gasteiger partial charge in [-0.05, 0) is 36.8 Å². The van der Waals surface area contributed by atoms with Crippen LogP contribution in [-0.2, 0) is 0 Å². The van der Waals surface area contributed by atoms with Crippen molar-refractivity contribution < 1.29 is 4.79 Å². The molecule has 29 heavy (non-hydrogen) atoms. The zero-order valence-electron chi connectivity index (χ0n) is 15.8. The van der Waals surface area contributed by atoms with Crippen molar-refractivity contribution in [2.24, 2.45) is 0 Å². The number of nitrogens with zero attached hydrogens (tertiary/aromatic N) is 2. The number of hydrogen-bond donors (Lipinski definition) is 1. The van der Waals surface area contributed by atoms with E-state index in [-0.39, 0.29) is 11.9 Å². The van der Waals surface area contributed by atoms with Gasteiger partial charge in [0.25, 0.3) is 5.91 Å². The van der Waals surface area contributed by atoms with Crippen molar-refractivity contribution in [3.8, 4) is 11.3 Å². The number of halogens is 1. The molecule has 0 radical (unpaired) electrons. The van der Waals surface area contributed by atoms with E-state index in [2.05, 4.69) is 29.3 Å². The lowest BCUT2D eigenvalue weighted by molar-refractivity contribution is 0.0989. The van der Waals surface area contributed by atoms with Gasteiger partial charge in [-0.1, -0.05) is 71.8 Å². The van der Waals surface area contributed by atoms with E-state index in [0.717, 1.165) is 28.1 Å². The zero-order valence-corrected chi connectivity index (χ0v) is 16.5. The fourth-order valence-electron chi connectivity index (χ4n) is 3.90. The zero-order chi connectivity index (χ0) is 20.0. The molecule has 4 nitrogen and oxygen atoms in total. The molecule has 1 unspecified atom stereocenters. The van der Waals surface area contributed by atoms with Crippen LogP contribution in [0.25, 0.3) is 11.3 Å². The Morgan fingerprint density at radius 2 is 1.62 bits per heavy atom. The number of hydrogen-bond acceptors (Lipinski definition) is 2. The Morgan fingerprint density at radius 1 is 0.931 bits per heavy atom. The molecule has 1 N–H and O–H groups in total. The first kappa shape index (κ1) is 17.7. The molecular weight excluding hydrogens is 382 g/mol. The number of carbonyl (C=O) groups is 1. The van der Waals surface area contributed by atoms with Crippen LogP contribution in [-0.4, -0.2) is 16.1 Å². The predicted octanol–water partition coefficient (Wildman–Crippen LogP) is 5.79. The van der Waals surface area contributed by atoms with Crippen LogP contribution in [0.1, 0.15) is 33.2 Å². The fraction of sp³-hybridized carbons (Fsp3) is 0.0833. The predicted molar refractivity (Wildman–Crippen MR) is 115 cm³/mol. The van der Waals surface area contributed by atoms with E-state index in [9.17, 15) is 4.79 Å². The largest absolute Gasteiger partial charge is 0.295 e. The SMILES string of the molecule is Cc1ccc(-c2n[nH]c3c2C(c2ccccc2)N(c2ccc(Cl)cc2)C3=O)cc1. The summed E-state index contributed by atoms with van der Waals surface area (Å²) in [4.78, 5) is 15.2. The Bertz CT molecular complexity index is 1180. The maximum atomic E-state index is 13.4. The number of rotatable bonds is 3. The molecule has 3 aromatic carbocycles. The Hall–Kier alpha value is -3.37. The number of benzene rings is 3. The van der Waals surface area contributed by atoms with Crippen LogP contribution in [0.5, 0.6) is 0 Å². The molecule has 0 bridgehead atoms. The van der Waals surface area contributed by atoms with Gasteiger partial charge in [0.1, 0.15) is 5.69 Å². The minimum atomic E-state index is -0.269. The van der Waals surface area contributed by atoms with E-state index in [1.807, 2.05) is 59.5 Å². The second kappa shape index (κ2) is 6.90. The summed E-state index contributed by atoms with van der Waals surface area (Å²) in [6.07, 6.45) is 0. The molecule has 142 valence electrons. The lowest BCUT2D eigenvalue weighted by Gasteiger charge is -2.26. The number of fused-ring (bicyclic) bond motifs is 1. The number of H-pyrrole nitrogens is 1. The number of carbonyl (C=O) groups excluding carboxylic acids is 1. The van der Waals surface area contributed by atoms with Crippen molar-refractivity contribution in [1.29, 1.82) is 0 Å². The van der Waals surface area contributed by atoms with Gasteiger partial charge in [-0.15, -0.1) is 0 Å². The molecular formula is C24H18ClN3O. The Labute approximate surface area is 173 Å². The Balaban J connectivity index is 1.71. The summed E-state index contributed by atoms with van der Waals surface area (Å²) in [5.74, 6) is -0.0953. The minimum Gasteiger partial charge on any atom is -0.295 e. The van der Waals surface area contributed by atoms with Gasteiger partial charge in [0.05, 0.1) is 11.7 Å². The van der Waals surface area contributed by atoms with Crippen molar-refractivity contribution in [1.82, 2.24) is 10.2 Å². The van der Waals surface area contributed by atoms with Crippen molar-refractivity contribution in [3.63, 3.8) is 0 Å². The quantitative estimate of drug-likeness (QED) is 0.474. The van der Waals surface area contributed by atoms with Gasteiger partial charge in [-0.2, -0.15) is 5.10 Å². The third kappa shape index (κ3) is 2.93. The number of amides is 1. The average Bonchev–Trinajstić information content (AvgIpc) is 3.29. The number of nitrogens with one attached hydrogen (secondary N) is 1. The maximum absolute atomic E-state index is 13.4. The van der Waals surface area contributed by atoms with E-state index in [1.165, 1.54) is 5.56 Å². The molecule has 1 aromatic heterocycles. The molecule has 1 aliphatic heterocycles. The summed E-state index contributed by atoms with van der Waals surface area (Å²) in [5, 5.41) is 8.14. The summed E-state index contributed by atoms with van der Waals surface area (Å²) in [7, 11) is 0. The first-order chi connectivity index (χ1) is 14.1. The van der Waals surface area contributed by atoms with Crippen LogP contribution in [0, 0.1) is 6.92 Å². The summed E-state index contributed by atoms with van der Waals surface area (Å²) in [6.45, 7) is 2.05. The lowest BCUT2D eigenvalue weighted by Crippen LogP contribution is -2.29. The number of aryl methyl sites for hydroxylation is 1. The van der Waals surface area contributed by atoms with Gasteiger partial charge in [0.2, 0.25) is 0 Å². The highest BCUT2D eigenvalue weighted by atomic mass is 35.5. The van der Waals surface area contributed by atoms with Crippen LogP contribution < -0.4 is 4.90 Å². The molecule has 1 amide bonds. The molecule has 4 aromatic rings. The minimum absolute atomic E-state index is 0.0953. The summed E-state index contributed by atoms with van der Waals surface area (Å²) in [6, 6.07) is 25.3. The Kier molecular flexibility index (Phi) is 4.22. The van der Waals surface area contributed by atoms with Crippen molar-refractivity contribution >= 4 is 23.2 Å². The van der Waals surface area contributed by atoms with Gasteiger partial charge >= 0.3 is 0 Å². The monoisotopic (exact) mass is 399 g/mol. The highest BCUT2D eigenvalue weighted by molar-refractivity contribution is 6.30. The van der Waals surface area contributed by atoms with Crippen LogP contribution >= 0.6 is 11.6 Å². The van der Waals surface area contributed by atoms with E-state index in [0.29, 0.717) is 10.7 Å². The molecule has 2 heterocycles.